The van der Waals surface area contributed by atoms with Crippen molar-refractivity contribution >= 4 is 30.5 Å². The standard InChI is InChI=1S/C18H24BO4P2/c20-13(7-6-12-4-2-1-3-5-12)8-9-14-15-10-18(21)22-16(15)11-17(14)23-25-19-24/h1-5,8-9,13-17,20,25H,6-7,10-11,24H2/t13?,14-,15-,16+,17-/m1/s1. The van der Waals surface area contributed by atoms with Crippen LogP contribution < -0.4 is 0 Å². The molecule has 3 unspecified atom stereocenters. The second kappa shape index (κ2) is 9.28. The van der Waals surface area contributed by atoms with Gasteiger partial charge in [0.15, 0.2) is 0 Å². The quantitative estimate of drug-likeness (QED) is 0.328. The third kappa shape index (κ3) is 5.14. The number of hydrogen-bond donors (Lipinski definition) is 1. The molecule has 1 N–H and O–H groups in total. The van der Waals surface area contributed by atoms with Crippen molar-refractivity contribution in [2.75, 3.05) is 0 Å². The Kier molecular flexibility index (Phi) is 7.07. The SMILES string of the molecule is O=C1C[C@@H]2[C@@H](C=CC(O)CCc3ccccc3)[C@H](OP[B]P)C[C@@H]2O1. The maximum atomic E-state index is 11.6. The van der Waals surface area contributed by atoms with Crippen LogP contribution in [0.2, 0.25) is 0 Å². The molecular formula is C18H24BO4P2. The van der Waals surface area contributed by atoms with Crippen molar-refractivity contribution in [1.29, 1.82) is 0 Å². The summed E-state index contributed by atoms with van der Waals surface area (Å²) in [5, 5.41) is 10.3. The van der Waals surface area contributed by atoms with Crippen LogP contribution in [0, 0.1) is 11.8 Å². The van der Waals surface area contributed by atoms with Gasteiger partial charge in [-0.15, -0.1) is 0 Å². The fourth-order valence-corrected chi connectivity index (χ4v) is 4.47. The minimum absolute atomic E-state index is 0.0390. The second-order valence-electron chi connectivity index (χ2n) is 6.63. The molecule has 1 aliphatic heterocycles. The first-order chi connectivity index (χ1) is 12.2. The van der Waals surface area contributed by atoms with Crippen molar-refractivity contribution in [1.82, 2.24) is 0 Å². The summed E-state index contributed by atoms with van der Waals surface area (Å²) in [5.74, 6) is 0.182. The second-order valence-corrected chi connectivity index (χ2v) is 8.43. The van der Waals surface area contributed by atoms with Gasteiger partial charge in [-0.3, -0.25) is 4.79 Å². The molecule has 0 bridgehead atoms. The van der Waals surface area contributed by atoms with Gasteiger partial charge in [-0.25, -0.2) is 0 Å². The average Bonchev–Trinajstić information content (AvgIpc) is 3.13. The number of aliphatic hydroxyl groups excluding tert-OH is 1. The predicted octanol–water partition coefficient (Wildman–Crippen LogP) is 2.88. The normalized spacial score (nSPS) is 30.1. The van der Waals surface area contributed by atoms with Crippen molar-refractivity contribution in [3.63, 3.8) is 0 Å². The summed E-state index contributed by atoms with van der Waals surface area (Å²) in [6, 6.07) is 10.2. The van der Waals surface area contributed by atoms with E-state index in [2.05, 4.69) is 21.3 Å². The highest BCUT2D eigenvalue weighted by Crippen LogP contribution is 2.45. The number of esters is 1. The van der Waals surface area contributed by atoms with E-state index in [0.717, 1.165) is 12.8 Å². The molecule has 0 aromatic heterocycles. The van der Waals surface area contributed by atoms with Crippen LogP contribution in [0.25, 0.3) is 0 Å². The fraction of sp³-hybridized carbons (Fsp3) is 0.500. The van der Waals surface area contributed by atoms with E-state index in [9.17, 15) is 9.90 Å². The molecule has 7 atom stereocenters. The van der Waals surface area contributed by atoms with Crippen LogP contribution in [0.15, 0.2) is 42.5 Å². The third-order valence-electron chi connectivity index (χ3n) is 4.97. The molecule has 133 valence electrons. The Morgan fingerprint density at radius 3 is 3.00 bits per heavy atom. The maximum Gasteiger partial charge on any atom is 0.306 e. The van der Waals surface area contributed by atoms with Gasteiger partial charge >= 0.3 is 5.97 Å². The van der Waals surface area contributed by atoms with Gasteiger partial charge in [-0.1, -0.05) is 42.5 Å². The number of aliphatic hydroxyl groups is 1. The highest BCUT2D eigenvalue weighted by Gasteiger charge is 2.49. The number of benzene rings is 1. The van der Waals surface area contributed by atoms with Gasteiger partial charge in [0.05, 0.1) is 18.6 Å². The van der Waals surface area contributed by atoms with Gasteiger partial charge in [-0.05, 0) is 27.1 Å². The first kappa shape index (κ1) is 19.0. The molecule has 3 rings (SSSR count). The Morgan fingerprint density at radius 2 is 2.24 bits per heavy atom. The number of carbonyl (C=O) groups is 1. The van der Waals surface area contributed by atoms with Crippen LogP contribution >= 0.6 is 17.8 Å². The minimum Gasteiger partial charge on any atom is -0.462 e. The summed E-state index contributed by atoms with van der Waals surface area (Å²) >= 11 is 0. The lowest BCUT2D eigenvalue weighted by molar-refractivity contribution is -0.141. The highest BCUT2D eigenvalue weighted by molar-refractivity contribution is 7.92. The van der Waals surface area contributed by atoms with Crippen molar-refractivity contribution in [3.05, 3.63) is 48.0 Å². The van der Waals surface area contributed by atoms with Crippen molar-refractivity contribution in [3.8, 4) is 0 Å². The van der Waals surface area contributed by atoms with Crippen LogP contribution in [0.1, 0.15) is 24.8 Å². The van der Waals surface area contributed by atoms with Crippen LogP contribution in [0.3, 0.4) is 0 Å². The molecule has 1 saturated heterocycles. The van der Waals surface area contributed by atoms with Crippen molar-refractivity contribution in [2.45, 2.75) is 44.0 Å². The molecule has 0 spiro atoms. The van der Waals surface area contributed by atoms with Gasteiger partial charge in [0.25, 0.3) is 0 Å². The molecule has 2 fully saturated rings. The first-order valence-electron chi connectivity index (χ1n) is 8.71. The summed E-state index contributed by atoms with van der Waals surface area (Å²) in [7, 11) is 2.87. The number of hydrogen-bond acceptors (Lipinski definition) is 4. The molecule has 1 radical (unpaired) electrons. The van der Waals surface area contributed by atoms with E-state index in [4.69, 9.17) is 9.26 Å². The molecule has 1 aliphatic carbocycles. The zero-order valence-electron chi connectivity index (χ0n) is 14.1. The molecule has 1 aromatic rings. The smallest absolute Gasteiger partial charge is 0.306 e. The summed E-state index contributed by atoms with van der Waals surface area (Å²) in [5.41, 5.74) is 1.23. The molecule has 0 amide bonds. The summed E-state index contributed by atoms with van der Waals surface area (Å²) in [6.07, 6.45) is 6.15. The number of fused-ring (bicyclic) bond motifs is 1. The first-order valence-corrected chi connectivity index (χ1v) is 10.4. The Morgan fingerprint density at radius 1 is 1.44 bits per heavy atom. The summed E-state index contributed by atoms with van der Waals surface area (Å²) < 4.78 is 11.3. The van der Waals surface area contributed by atoms with Crippen LogP contribution in [0.5, 0.6) is 0 Å². The lowest BCUT2D eigenvalue weighted by atomic mass is 9.91. The number of carbonyl (C=O) groups excluding carboxylic acids is 1. The highest BCUT2D eigenvalue weighted by atomic mass is 31.1. The van der Waals surface area contributed by atoms with Crippen molar-refractivity contribution in [2.24, 2.45) is 11.8 Å². The van der Waals surface area contributed by atoms with Gasteiger partial charge in [0, 0.05) is 18.3 Å². The summed E-state index contributed by atoms with van der Waals surface area (Å²) in [4.78, 5) is 11.6. The minimum atomic E-state index is -0.492. The molecule has 7 heteroatoms. The molecule has 25 heavy (non-hydrogen) atoms. The van der Waals surface area contributed by atoms with Crippen LogP contribution in [-0.4, -0.2) is 36.1 Å². The van der Waals surface area contributed by atoms with Gasteiger partial charge in [0.2, 0.25) is 6.72 Å². The number of aryl methyl sites for hydroxylation is 1. The third-order valence-corrected chi connectivity index (χ3v) is 5.95. The van der Waals surface area contributed by atoms with Gasteiger partial charge < -0.3 is 14.4 Å². The van der Waals surface area contributed by atoms with Crippen LogP contribution in [0.4, 0.5) is 0 Å². The topological polar surface area (TPSA) is 55.8 Å². The Bertz CT molecular complexity index is 598. The molecule has 2 aliphatic rings. The lowest BCUT2D eigenvalue weighted by Gasteiger charge is -2.20. The van der Waals surface area contributed by atoms with E-state index in [1.165, 1.54) is 5.56 Å². The number of rotatable bonds is 8. The van der Waals surface area contributed by atoms with Crippen LogP contribution in [-0.2, 0) is 20.5 Å². The van der Waals surface area contributed by atoms with E-state index in [-0.39, 0.29) is 30.0 Å². The Balaban J connectivity index is 1.57. The molecule has 1 aromatic carbocycles. The number of ether oxygens (including phenoxy) is 1. The lowest BCUT2D eigenvalue weighted by Crippen LogP contribution is -2.20. The van der Waals surface area contributed by atoms with Gasteiger partial charge in [0.1, 0.15) is 6.10 Å². The van der Waals surface area contributed by atoms with E-state index in [1.54, 1.807) is 0 Å². The molecular weight excluding hydrogens is 353 g/mol. The van der Waals surface area contributed by atoms with Gasteiger partial charge in [-0.2, -0.15) is 9.12 Å². The zero-order valence-corrected chi connectivity index (χ0v) is 16.2. The fourth-order valence-electron chi connectivity index (χ4n) is 3.73. The van der Waals surface area contributed by atoms with E-state index in [1.807, 2.05) is 37.1 Å². The summed E-state index contributed by atoms with van der Waals surface area (Å²) in [6.45, 7) is 1.93. The Hall–Kier alpha value is -0.725. The largest absolute Gasteiger partial charge is 0.462 e. The Labute approximate surface area is 154 Å². The monoisotopic (exact) mass is 377 g/mol. The van der Waals surface area contributed by atoms with E-state index >= 15 is 0 Å². The molecule has 1 heterocycles. The molecule has 1 saturated carbocycles. The predicted molar refractivity (Wildman–Crippen MR) is 105 cm³/mol. The van der Waals surface area contributed by atoms with E-state index in [0.29, 0.717) is 21.5 Å². The average molecular weight is 377 g/mol. The van der Waals surface area contributed by atoms with Crippen molar-refractivity contribution < 1.29 is 19.2 Å². The zero-order chi connectivity index (χ0) is 17.6. The maximum absolute atomic E-state index is 11.6. The molecule has 4 nitrogen and oxygen atoms in total. The van der Waals surface area contributed by atoms with E-state index < -0.39 is 6.10 Å².